The fraction of sp³-hybridized carbons (Fsp3) is 0.231. The van der Waals surface area contributed by atoms with E-state index in [1.54, 1.807) is 16.1 Å². The van der Waals surface area contributed by atoms with Gasteiger partial charge in [-0.25, -0.2) is 9.78 Å². The molecule has 1 N–H and O–H groups in total. The summed E-state index contributed by atoms with van der Waals surface area (Å²) < 4.78 is 0.976. The first-order chi connectivity index (χ1) is 9.24. The fourth-order valence-corrected chi connectivity index (χ4v) is 2.57. The Hall–Kier alpha value is -1.82. The van der Waals surface area contributed by atoms with Crippen LogP contribution < -0.4 is 4.90 Å². The monoisotopic (exact) mass is 320 g/mol. The number of halogens is 1. The molecule has 0 bridgehead atoms. The molecule has 0 radical (unpaired) electrons. The lowest BCUT2D eigenvalue weighted by Crippen LogP contribution is -2.31. The Labute approximate surface area is 119 Å². The smallest absolute Gasteiger partial charge is 0.324 e. The molecule has 5 nitrogen and oxygen atoms in total. The van der Waals surface area contributed by atoms with Gasteiger partial charge < -0.3 is 9.88 Å². The van der Waals surface area contributed by atoms with Gasteiger partial charge in [-0.1, -0.05) is 22.0 Å². The van der Waals surface area contributed by atoms with Crippen molar-refractivity contribution in [3.8, 4) is 0 Å². The summed E-state index contributed by atoms with van der Waals surface area (Å²) in [5.74, 6) is 0. The number of carbonyl (C=O) groups excluding carboxylic acids is 1. The van der Waals surface area contributed by atoms with Crippen molar-refractivity contribution in [2.24, 2.45) is 0 Å². The predicted molar refractivity (Wildman–Crippen MR) is 75.9 cm³/mol. The first-order valence-electron chi connectivity index (χ1n) is 6.04. The number of H-pyrrole nitrogens is 1. The van der Waals surface area contributed by atoms with E-state index >= 15 is 0 Å². The number of nitrogens with one attached hydrogen (secondary N) is 1. The number of aromatic nitrogens is 2. The Bertz CT molecular complexity index is 584. The van der Waals surface area contributed by atoms with E-state index in [9.17, 15) is 4.79 Å². The van der Waals surface area contributed by atoms with Crippen molar-refractivity contribution >= 4 is 27.6 Å². The number of urea groups is 1. The number of benzene rings is 1. The number of nitrogens with zero attached hydrogens (tertiary/aromatic N) is 3. The second-order valence-electron chi connectivity index (χ2n) is 4.40. The van der Waals surface area contributed by atoms with Crippen LogP contribution in [0.5, 0.6) is 0 Å². The van der Waals surface area contributed by atoms with E-state index in [1.807, 2.05) is 30.5 Å². The van der Waals surface area contributed by atoms with Crippen molar-refractivity contribution in [1.82, 2.24) is 14.9 Å². The summed E-state index contributed by atoms with van der Waals surface area (Å²) in [6.07, 6.45) is 3.44. The lowest BCUT2D eigenvalue weighted by molar-refractivity contribution is 0.218. The van der Waals surface area contributed by atoms with Crippen LogP contribution in [0.3, 0.4) is 0 Å². The zero-order valence-electron chi connectivity index (χ0n) is 10.2. The van der Waals surface area contributed by atoms with Crippen LogP contribution in [0.1, 0.15) is 5.69 Å². The Kier molecular flexibility index (Phi) is 3.25. The van der Waals surface area contributed by atoms with Crippen molar-refractivity contribution in [3.05, 3.63) is 47.0 Å². The average molecular weight is 321 g/mol. The van der Waals surface area contributed by atoms with Crippen molar-refractivity contribution in [2.45, 2.75) is 6.54 Å². The number of aromatic amines is 1. The largest absolute Gasteiger partial charge is 0.351 e. The number of carbonyl (C=O) groups is 1. The lowest BCUT2D eigenvalue weighted by Gasteiger charge is -2.18. The molecule has 2 heterocycles. The van der Waals surface area contributed by atoms with Gasteiger partial charge >= 0.3 is 6.03 Å². The minimum absolute atomic E-state index is 0.0288. The maximum atomic E-state index is 12.3. The topological polar surface area (TPSA) is 52.2 Å². The van der Waals surface area contributed by atoms with Crippen LogP contribution in [0.4, 0.5) is 10.5 Å². The van der Waals surface area contributed by atoms with Crippen LogP contribution in [0, 0.1) is 0 Å². The fourth-order valence-electron chi connectivity index (χ4n) is 2.19. The van der Waals surface area contributed by atoms with Crippen LogP contribution >= 0.6 is 15.9 Å². The Morgan fingerprint density at radius 2 is 2.26 bits per heavy atom. The van der Waals surface area contributed by atoms with Gasteiger partial charge in [0.15, 0.2) is 0 Å². The molecule has 1 saturated heterocycles. The second kappa shape index (κ2) is 5.05. The van der Waals surface area contributed by atoms with Crippen LogP contribution in [0.2, 0.25) is 0 Å². The molecule has 0 atom stereocenters. The molecule has 1 aliphatic heterocycles. The Morgan fingerprint density at radius 1 is 1.37 bits per heavy atom. The van der Waals surface area contributed by atoms with E-state index < -0.39 is 0 Å². The number of hydrogen-bond donors (Lipinski definition) is 1. The lowest BCUT2D eigenvalue weighted by atomic mass is 10.3. The van der Waals surface area contributed by atoms with Crippen LogP contribution in [-0.2, 0) is 6.54 Å². The SMILES string of the molecule is O=C1N(Cc2c[nH]cn2)CCN1c1cccc(Br)c1. The summed E-state index contributed by atoms with van der Waals surface area (Å²) in [6.45, 7) is 1.98. The molecule has 0 unspecified atom stereocenters. The molecular formula is C13H13BrN4O. The summed E-state index contributed by atoms with van der Waals surface area (Å²) in [5.41, 5.74) is 1.80. The molecule has 1 aliphatic rings. The molecule has 0 spiro atoms. The van der Waals surface area contributed by atoms with Gasteiger partial charge in [0.2, 0.25) is 0 Å². The van der Waals surface area contributed by atoms with Crippen LogP contribution in [0.15, 0.2) is 41.3 Å². The van der Waals surface area contributed by atoms with Gasteiger partial charge in [-0.05, 0) is 18.2 Å². The van der Waals surface area contributed by atoms with E-state index in [0.29, 0.717) is 13.1 Å². The number of anilines is 1. The molecule has 0 aliphatic carbocycles. The van der Waals surface area contributed by atoms with E-state index in [0.717, 1.165) is 22.4 Å². The first kappa shape index (κ1) is 12.2. The summed E-state index contributed by atoms with van der Waals surface area (Å²) in [6, 6.07) is 7.81. The molecular weight excluding hydrogens is 308 g/mol. The molecule has 1 aromatic carbocycles. The molecule has 19 heavy (non-hydrogen) atoms. The molecule has 6 heteroatoms. The van der Waals surface area contributed by atoms with E-state index in [4.69, 9.17) is 0 Å². The van der Waals surface area contributed by atoms with Crippen molar-refractivity contribution in [3.63, 3.8) is 0 Å². The van der Waals surface area contributed by atoms with Gasteiger partial charge in [-0.15, -0.1) is 0 Å². The second-order valence-corrected chi connectivity index (χ2v) is 5.31. The predicted octanol–water partition coefficient (Wildman–Crippen LogP) is 2.61. The standard InChI is InChI=1S/C13H13BrN4O/c14-10-2-1-3-12(6-10)18-5-4-17(13(18)19)8-11-7-15-9-16-11/h1-3,6-7,9H,4-5,8H2,(H,15,16). The molecule has 3 rings (SSSR count). The number of hydrogen-bond acceptors (Lipinski definition) is 2. The Balaban J connectivity index is 1.75. The zero-order valence-corrected chi connectivity index (χ0v) is 11.8. The zero-order chi connectivity index (χ0) is 13.2. The van der Waals surface area contributed by atoms with Gasteiger partial charge in [0.25, 0.3) is 0 Å². The molecule has 0 saturated carbocycles. The number of imidazole rings is 1. The van der Waals surface area contributed by atoms with E-state index in [1.165, 1.54) is 0 Å². The van der Waals surface area contributed by atoms with Crippen LogP contribution in [-0.4, -0.2) is 34.0 Å². The molecule has 1 aromatic heterocycles. The summed E-state index contributed by atoms with van der Waals surface area (Å²) in [4.78, 5) is 23.0. The van der Waals surface area contributed by atoms with Crippen molar-refractivity contribution < 1.29 is 4.79 Å². The van der Waals surface area contributed by atoms with E-state index in [2.05, 4.69) is 25.9 Å². The van der Waals surface area contributed by atoms with Crippen molar-refractivity contribution in [2.75, 3.05) is 18.0 Å². The van der Waals surface area contributed by atoms with Gasteiger partial charge in [0.05, 0.1) is 18.6 Å². The highest BCUT2D eigenvalue weighted by atomic mass is 79.9. The van der Waals surface area contributed by atoms with E-state index in [-0.39, 0.29) is 6.03 Å². The normalized spacial score (nSPS) is 15.3. The van der Waals surface area contributed by atoms with Gasteiger partial charge in [0, 0.05) is 29.4 Å². The third kappa shape index (κ3) is 2.49. The van der Waals surface area contributed by atoms with Crippen LogP contribution in [0.25, 0.3) is 0 Å². The third-order valence-corrected chi connectivity index (χ3v) is 3.62. The maximum absolute atomic E-state index is 12.3. The number of amides is 2. The molecule has 1 fully saturated rings. The highest BCUT2D eigenvalue weighted by molar-refractivity contribution is 9.10. The quantitative estimate of drug-likeness (QED) is 0.945. The molecule has 2 amide bonds. The maximum Gasteiger partial charge on any atom is 0.324 e. The summed E-state index contributed by atoms with van der Waals surface area (Å²) in [5, 5.41) is 0. The van der Waals surface area contributed by atoms with Gasteiger partial charge in [-0.2, -0.15) is 0 Å². The molecule has 2 aromatic rings. The number of rotatable bonds is 3. The van der Waals surface area contributed by atoms with Gasteiger partial charge in [-0.3, -0.25) is 4.90 Å². The minimum atomic E-state index is 0.0288. The van der Waals surface area contributed by atoms with Gasteiger partial charge in [0.1, 0.15) is 0 Å². The highest BCUT2D eigenvalue weighted by Crippen LogP contribution is 2.24. The average Bonchev–Trinajstić information content (AvgIpc) is 3.01. The first-order valence-corrected chi connectivity index (χ1v) is 6.83. The summed E-state index contributed by atoms with van der Waals surface area (Å²) >= 11 is 3.43. The molecule has 98 valence electrons. The van der Waals surface area contributed by atoms with Crippen molar-refractivity contribution in [1.29, 1.82) is 0 Å². The Morgan fingerprint density at radius 3 is 3.00 bits per heavy atom. The third-order valence-electron chi connectivity index (χ3n) is 3.12. The summed E-state index contributed by atoms with van der Waals surface area (Å²) in [7, 11) is 0. The minimum Gasteiger partial charge on any atom is -0.351 e. The highest BCUT2D eigenvalue weighted by Gasteiger charge is 2.29.